The van der Waals surface area contributed by atoms with Crippen LogP contribution in [0.25, 0.3) is 0 Å². The summed E-state index contributed by atoms with van der Waals surface area (Å²) in [6, 6.07) is 17.0. The Morgan fingerprint density at radius 2 is 1.82 bits per heavy atom. The molecular formula is C19H20O3. The molecule has 0 aliphatic carbocycles. The van der Waals surface area contributed by atoms with Gasteiger partial charge < -0.3 is 9.47 Å². The van der Waals surface area contributed by atoms with Crippen LogP contribution in [0.1, 0.15) is 22.3 Å². The van der Waals surface area contributed by atoms with E-state index in [0.717, 1.165) is 12.8 Å². The predicted molar refractivity (Wildman–Crippen MR) is 87.2 cm³/mol. The molecule has 22 heavy (non-hydrogen) atoms. The number of rotatable bonds is 7. The smallest absolute Gasteiger partial charge is 0.338 e. The number of hydrogen-bond acceptors (Lipinski definition) is 3. The fraction of sp³-hybridized carbons (Fsp3) is 0.211. The third kappa shape index (κ3) is 4.48. The maximum absolute atomic E-state index is 12.1. The van der Waals surface area contributed by atoms with Gasteiger partial charge in [0, 0.05) is 0 Å². The van der Waals surface area contributed by atoms with Crippen molar-refractivity contribution in [2.75, 3.05) is 7.11 Å². The minimum atomic E-state index is -0.347. The van der Waals surface area contributed by atoms with Crippen LogP contribution in [0.2, 0.25) is 0 Å². The first-order valence-electron chi connectivity index (χ1n) is 7.24. The third-order valence-corrected chi connectivity index (χ3v) is 3.41. The first kappa shape index (κ1) is 15.8. The van der Waals surface area contributed by atoms with Crippen LogP contribution in [0.4, 0.5) is 0 Å². The largest absolute Gasteiger partial charge is 0.497 e. The number of benzene rings is 2. The highest BCUT2D eigenvalue weighted by molar-refractivity contribution is 5.89. The van der Waals surface area contributed by atoms with Crippen LogP contribution < -0.4 is 4.74 Å². The molecule has 3 nitrogen and oxygen atoms in total. The molecule has 0 bridgehead atoms. The van der Waals surface area contributed by atoms with Crippen molar-refractivity contribution in [1.29, 1.82) is 0 Å². The molecular weight excluding hydrogens is 276 g/mol. The third-order valence-electron chi connectivity index (χ3n) is 3.41. The molecule has 0 amide bonds. The Bertz CT molecular complexity index is 602. The van der Waals surface area contributed by atoms with Gasteiger partial charge in [0.25, 0.3) is 0 Å². The van der Waals surface area contributed by atoms with Crippen LogP contribution in [0.3, 0.4) is 0 Å². The molecule has 0 saturated carbocycles. The molecule has 114 valence electrons. The average molecular weight is 296 g/mol. The fourth-order valence-electron chi connectivity index (χ4n) is 2.11. The quantitative estimate of drug-likeness (QED) is 0.571. The Morgan fingerprint density at radius 1 is 1.14 bits per heavy atom. The Morgan fingerprint density at radius 3 is 2.41 bits per heavy atom. The topological polar surface area (TPSA) is 35.5 Å². The molecule has 0 aliphatic heterocycles. The maximum atomic E-state index is 12.1. The van der Waals surface area contributed by atoms with Gasteiger partial charge >= 0.3 is 5.97 Å². The molecule has 3 heteroatoms. The first-order valence-corrected chi connectivity index (χ1v) is 7.24. The van der Waals surface area contributed by atoms with Crippen molar-refractivity contribution >= 4 is 5.97 Å². The van der Waals surface area contributed by atoms with Gasteiger partial charge in [-0.05, 0) is 42.7 Å². The number of carbonyl (C=O) groups is 1. The Labute approximate surface area is 131 Å². The zero-order chi connectivity index (χ0) is 15.8. The van der Waals surface area contributed by atoms with Crippen LogP contribution in [-0.2, 0) is 11.2 Å². The second kappa shape index (κ2) is 8.03. The van der Waals surface area contributed by atoms with Gasteiger partial charge in [0.1, 0.15) is 11.9 Å². The molecule has 0 spiro atoms. The van der Waals surface area contributed by atoms with Crippen LogP contribution >= 0.6 is 0 Å². The van der Waals surface area contributed by atoms with Gasteiger partial charge in [-0.15, -0.1) is 0 Å². The van der Waals surface area contributed by atoms with Crippen molar-refractivity contribution in [3.8, 4) is 5.75 Å². The van der Waals surface area contributed by atoms with E-state index in [9.17, 15) is 4.79 Å². The minimum absolute atomic E-state index is 0.296. The minimum Gasteiger partial charge on any atom is -0.497 e. The number of aryl methyl sites for hydroxylation is 1. The lowest BCUT2D eigenvalue weighted by Crippen LogP contribution is -2.16. The SMILES string of the molecule is C=C[C@H](CCc1ccccc1)OC(=O)c1ccc(OC)cc1. The van der Waals surface area contributed by atoms with Crippen molar-refractivity contribution in [3.63, 3.8) is 0 Å². The van der Waals surface area contributed by atoms with Crippen LogP contribution in [0, 0.1) is 0 Å². The van der Waals surface area contributed by atoms with Crippen LogP contribution in [-0.4, -0.2) is 19.2 Å². The zero-order valence-corrected chi connectivity index (χ0v) is 12.7. The summed E-state index contributed by atoms with van der Waals surface area (Å²) >= 11 is 0. The van der Waals surface area contributed by atoms with Crippen molar-refractivity contribution < 1.29 is 14.3 Å². The molecule has 0 saturated heterocycles. The van der Waals surface area contributed by atoms with Gasteiger partial charge in [-0.3, -0.25) is 0 Å². The molecule has 0 aromatic heterocycles. The van der Waals surface area contributed by atoms with Gasteiger partial charge in [0.15, 0.2) is 0 Å². The summed E-state index contributed by atoms with van der Waals surface area (Å²) in [6.07, 6.45) is 2.93. The summed E-state index contributed by atoms with van der Waals surface area (Å²) in [6.45, 7) is 3.75. The molecule has 0 aliphatic rings. The van der Waals surface area contributed by atoms with Gasteiger partial charge in [-0.25, -0.2) is 4.79 Å². The molecule has 2 aromatic rings. The lowest BCUT2D eigenvalue weighted by molar-refractivity contribution is 0.0381. The molecule has 2 aromatic carbocycles. The highest BCUT2D eigenvalue weighted by Crippen LogP contribution is 2.14. The number of methoxy groups -OCH3 is 1. The predicted octanol–water partition coefficient (Wildman–Crippen LogP) is 4.04. The van der Waals surface area contributed by atoms with Crippen molar-refractivity contribution in [3.05, 3.63) is 78.4 Å². The number of carbonyl (C=O) groups excluding carboxylic acids is 1. The van der Waals surface area contributed by atoms with E-state index in [0.29, 0.717) is 11.3 Å². The fourth-order valence-corrected chi connectivity index (χ4v) is 2.11. The van der Waals surface area contributed by atoms with E-state index in [1.807, 2.05) is 18.2 Å². The zero-order valence-electron chi connectivity index (χ0n) is 12.7. The van der Waals surface area contributed by atoms with Crippen molar-refractivity contribution in [2.45, 2.75) is 18.9 Å². The molecule has 0 fully saturated rings. The lowest BCUT2D eigenvalue weighted by atomic mass is 10.1. The van der Waals surface area contributed by atoms with E-state index >= 15 is 0 Å². The number of esters is 1. The molecule has 0 radical (unpaired) electrons. The molecule has 0 unspecified atom stereocenters. The van der Waals surface area contributed by atoms with E-state index in [4.69, 9.17) is 9.47 Å². The van der Waals surface area contributed by atoms with E-state index in [2.05, 4.69) is 18.7 Å². The highest BCUT2D eigenvalue weighted by atomic mass is 16.5. The summed E-state index contributed by atoms with van der Waals surface area (Å²) in [5.74, 6) is 0.363. The summed E-state index contributed by atoms with van der Waals surface area (Å²) in [5, 5.41) is 0. The summed E-state index contributed by atoms with van der Waals surface area (Å²) in [5.41, 5.74) is 1.72. The molecule has 2 rings (SSSR count). The van der Waals surface area contributed by atoms with Crippen molar-refractivity contribution in [2.24, 2.45) is 0 Å². The van der Waals surface area contributed by atoms with E-state index < -0.39 is 0 Å². The Balaban J connectivity index is 1.91. The van der Waals surface area contributed by atoms with Crippen LogP contribution in [0.5, 0.6) is 5.75 Å². The van der Waals surface area contributed by atoms with Gasteiger partial charge in [-0.1, -0.05) is 43.0 Å². The first-order chi connectivity index (χ1) is 10.7. The highest BCUT2D eigenvalue weighted by Gasteiger charge is 2.13. The second-order valence-corrected chi connectivity index (χ2v) is 4.93. The summed E-state index contributed by atoms with van der Waals surface area (Å²) in [4.78, 5) is 12.1. The Hall–Kier alpha value is -2.55. The molecule has 0 N–H and O–H groups in total. The summed E-state index contributed by atoms with van der Waals surface area (Å²) in [7, 11) is 1.59. The van der Waals surface area contributed by atoms with Gasteiger partial charge in [-0.2, -0.15) is 0 Å². The van der Waals surface area contributed by atoms with Crippen LogP contribution in [0.15, 0.2) is 67.3 Å². The summed E-state index contributed by atoms with van der Waals surface area (Å²) < 4.78 is 10.6. The maximum Gasteiger partial charge on any atom is 0.338 e. The monoisotopic (exact) mass is 296 g/mol. The van der Waals surface area contributed by atoms with Gasteiger partial charge in [0.2, 0.25) is 0 Å². The molecule has 1 atom stereocenters. The molecule has 0 heterocycles. The normalized spacial score (nSPS) is 11.5. The second-order valence-electron chi connectivity index (χ2n) is 4.93. The lowest BCUT2D eigenvalue weighted by Gasteiger charge is -2.14. The standard InChI is InChI=1S/C19H20O3/c1-3-17(12-9-15-7-5-4-6-8-15)22-19(20)16-10-13-18(21-2)14-11-16/h3-8,10-11,13-14,17H,1,9,12H2,2H3/t17-/m1/s1. The van der Waals surface area contributed by atoms with E-state index in [1.54, 1.807) is 37.5 Å². The number of ether oxygens (including phenoxy) is 2. The van der Waals surface area contributed by atoms with E-state index in [-0.39, 0.29) is 12.1 Å². The Kier molecular flexibility index (Phi) is 5.78. The van der Waals surface area contributed by atoms with Gasteiger partial charge in [0.05, 0.1) is 12.7 Å². The number of hydrogen-bond donors (Lipinski definition) is 0. The van der Waals surface area contributed by atoms with Crippen molar-refractivity contribution in [1.82, 2.24) is 0 Å². The average Bonchev–Trinajstić information content (AvgIpc) is 2.59. The van der Waals surface area contributed by atoms with E-state index in [1.165, 1.54) is 5.56 Å².